The van der Waals surface area contributed by atoms with Gasteiger partial charge in [-0.15, -0.1) is 0 Å². The number of benzene rings is 2. The van der Waals surface area contributed by atoms with Gasteiger partial charge in [0.2, 0.25) is 5.91 Å². The number of rotatable bonds is 7. The van der Waals surface area contributed by atoms with E-state index in [0.717, 1.165) is 12.8 Å². The summed E-state index contributed by atoms with van der Waals surface area (Å²) in [5.41, 5.74) is 1.33. The number of carbonyl (C=O) groups is 2. The van der Waals surface area contributed by atoms with Crippen LogP contribution in [0.15, 0.2) is 42.5 Å². The van der Waals surface area contributed by atoms with Gasteiger partial charge in [0.05, 0.1) is 18.3 Å². The molecule has 0 radical (unpaired) electrons. The fraction of sp³-hybridized carbons (Fsp3) is 0.440. The third kappa shape index (κ3) is 4.88. The molecule has 2 heterocycles. The summed E-state index contributed by atoms with van der Waals surface area (Å²) in [6.45, 7) is 6.78. The molecule has 32 heavy (non-hydrogen) atoms. The van der Waals surface area contributed by atoms with Crippen LogP contribution in [0.2, 0.25) is 0 Å². The minimum absolute atomic E-state index is 0.0530. The van der Waals surface area contributed by atoms with Gasteiger partial charge < -0.3 is 19.5 Å². The Balaban J connectivity index is 1.33. The van der Waals surface area contributed by atoms with Crippen LogP contribution >= 0.6 is 0 Å². The van der Waals surface area contributed by atoms with E-state index in [1.807, 2.05) is 50.2 Å². The third-order valence-corrected chi connectivity index (χ3v) is 6.10. The number of ether oxygens (including phenoxy) is 3. The Hall–Kier alpha value is -3.06. The summed E-state index contributed by atoms with van der Waals surface area (Å²) in [6, 6.07) is 12.6. The number of Topliss-reactive ketones (excluding diaryl/α,β-unsaturated/α-hetero) is 1. The van der Waals surface area contributed by atoms with Gasteiger partial charge in [0.25, 0.3) is 0 Å². The SMILES string of the molecule is CCOc1ccccc1NC(=O)[C@H](C)N1CCC(C(=O)c2ccc3c(c2)OCCO3)CC1. The smallest absolute Gasteiger partial charge is 0.241 e. The van der Waals surface area contributed by atoms with Gasteiger partial charge in [-0.2, -0.15) is 0 Å². The van der Waals surface area contributed by atoms with Gasteiger partial charge in [0, 0.05) is 11.5 Å². The first-order valence-electron chi connectivity index (χ1n) is 11.3. The number of hydrogen-bond donors (Lipinski definition) is 1. The number of para-hydroxylation sites is 2. The summed E-state index contributed by atoms with van der Waals surface area (Å²) in [7, 11) is 0. The number of anilines is 1. The fourth-order valence-corrected chi connectivity index (χ4v) is 4.24. The predicted octanol–water partition coefficient (Wildman–Crippen LogP) is 3.78. The molecule has 4 rings (SSSR count). The van der Waals surface area contributed by atoms with Crippen molar-refractivity contribution in [3.8, 4) is 17.2 Å². The molecule has 0 aromatic heterocycles. The molecule has 2 aromatic rings. The van der Waals surface area contributed by atoms with Gasteiger partial charge >= 0.3 is 0 Å². The van der Waals surface area contributed by atoms with E-state index in [9.17, 15) is 9.59 Å². The number of hydrogen-bond acceptors (Lipinski definition) is 6. The highest BCUT2D eigenvalue weighted by Gasteiger charge is 2.31. The van der Waals surface area contributed by atoms with Crippen LogP contribution in [0.4, 0.5) is 5.69 Å². The first-order valence-corrected chi connectivity index (χ1v) is 11.3. The standard InChI is InChI=1S/C25H30N2O5/c1-3-30-21-7-5-4-6-20(21)26-25(29)17(2)27-12-10-18(11-13-27)24(28)19-8-9-22-23(16-19)32-15-14-31-22/h4-9,16-18H,3,10-15H2,1-2H3,(H,26,29)/t17-/m0/s1. The second-order valence-electron chi connectivity index (χ2n) is 8.13. The molecule has 1 fully saturated rings. The zero-order valence-electron chi connectivity index (χ0n) is 18.6. The van der Waals surface area contributed by atoms with Gasteiger partial charge in [-0.05, 0) is 70.1 Å². The molecular weight excluding hydrogens is 408 g/mol. The molecular formula is C25H30N2O5. The Morgan fingerprint density at radius 1 is 1.09 bits per heavy atom. The molecule has 2 aromatic carbocycles. The van der Waals surface area contributed by atoms with E-state index < -0.39 is 0 Å². The average molecular weight is 439 g/mol. The molecule has 7 heteroatoms. The van der Waals surface area contributed by atoms with Gasteiger partial charge in [-0.1, -0.05) is 12.1 Å². The molecule has 2 aliphatic heterocycles. The Morgan fingerprint density at radius 2 is 1.81 bits per heavy atom. The largest absolute Gasteiger partial charge is 0.492 e. The molecule has 0 spiro atoms. The van der Waals surface area contributed by atoms with Crippen LogP contribution in [0.5, 0.6) is 17.2 Å². The number of likely N-dealkylation sites (tertiary alicyclic amines) is 1. The van der Waals surface area contributed by atoms with Crippen LogP contribution in [0.1, 0.15) is 37.0 Å². The van der Waals surface area contributed by atoms with E-state index in [-0.39, 0.29) is 23.7 Å². The highest BCUT2D eigenvalue weighted by molar-refractivity contribution is 5.98. The lowest BCUT2D eigenvalue weighted by Gasteiger charge is -2.35. The first-order chi connectivity index (χ1) is 15.6. The molecule has 1 atom stereocenters. The lowest BCUT2D eigenvalue weighted by molar-refractivity contribution is -0.121. The van der Waals surface area contributed by atoms with Crippen LogP contribution in [0, 0.1) is 5.92 Å². The number of piperidine rings is 1. The van der Waals surface area contributed by atoms with E-state index in [1.54, 1.807) is 6.07 Å². The van der Waals surface area contributed by atoms with Crippen molar-refractivity contribution in [3.63, 3.8) is 0 Å². The van der Waals surface area contributed by atoms with E-state index >= 15 is 0 Å². The lowest BCUT2D eigenvalue weighted by atomic mass is 9.88. The monoisotopic (exact) mass is 438 g/mol. The van der Waals surface area contributed by atoms with E-state index in [2.05, 4.69) is 10.2 Å². The summed E-state index contributed by atoms with van der Waals surface area (Å²) >= 11 is 0. The minimum atomic E-state index is -0.296. The van der Waals surface area contributed by atoms with Crippen molar-refractivity contribution in [1.29, 1.82) is 0 Å². The second-order valence-corrected chi connectivity index (χ2v) is 8.13. The van der Waals surface area contributed by atoms with Crippen molar-refractivity contribution in [2.75, 3.05) is 38.2 Å². The zero-order valence-corrected chi connectivity index (χ0v) is 18.6. The molecule has 1 N–H and O–H groups in total. The Morgan fingerprint density at radius 3 is 2.56 bits per heavy atom. The van der Waals surface area contributed by atoms with Gasteiger partial charge in [-0.3, -0.25) is 14.5 Å². The maximum atomic E-state index is 13.0. The molecule has 0 unspecified atom stereocenters. The average Bonchev–Trinajstić information content (AvgIpc) is 2.84. The Bertz CT molecular complexity index is 969. The van der Waals surface area contributed by atoms with Crippen molar-refractivity contribution in [2.24, 2.45) is 5.92 Å². The number of fused-ring (bicyclic) bond motifs is 1. The van der Waals surface area contributed by atoms with E-state index in [0.29, 0.717) is 61.4 Å². The number of ketones is 1. The normalized spacial score (nSPS) is 17.4. The molecule has 0 bridgehead atoms. The van der Waals surface area contributed by atoms with Crippen molar-refractivity contribution in [2.45, 2.75) is 32.7 Å². The molecule has 7 nitrogen and oxygen atoms in total. The topological polar surface area (TPSA) is 77.1 Å². The number of nitrogens with zero attached hydrogens (tertiary/aromatic N) is 1. The Kier molecular flexibility index (Phi) is 6.95. The van der Waals surface area contributed by atoms with Crippen molar-refractivity contribution in [1.82, 2.24) is 4.90 Å². The van der Waals surface area contributed by atoms with E-state index in [1.165, 1.54) is 0 Å². The summed E-state index contributed by atoms with van der Waals surface area (Å²) < 4.78 is 16.7. The van der Waals surface area contributed by atoms with Crippen molar-refractivity contribution < 1.29 is 23.8 Å². The highest BCUT2D eigenvalue weighted by atomic mass is 16.6. The molecule has 1 saturated heterocycles. The summed E-state index contributed by atoms with van der Waals surface area (Å²) in [4.78, 5) is 28.0. The number of amides is 1. The van der Waals surface area contributed by atoms with Crippen LogP contribution < -0.4 is 19.5 Å². The van der Waals surface area contributed by atoms with Crippen LogP contribution in [-0.4, -0.2) is 55.5 Å². The van der Waals surface area contributed by atoms with E-state index in [4.69, 9.17) is 14.2 Å². The maximum Gasteiger partial charge on any atom is 0.241 e. The predicted molar refractivity (Wildman–Crippen MR) is 122 cm³/mol. The quantitative estimate of drug-likeness (QED) is 0.663. The molecule has 2 aliphatic rings. The van der Waals surface area contributed by atoms with Crippen molar-refractivity contribution in [3.05, 3.63) is 48.0 Å². The number of nitrogens with one attached hydrogen (secondary N) is 1. The zero-order chi connectivity index (χ0) is 22.5. The summed E-state index contributed by atoms with van der Waals surface area (Å²) in [6.07, 6.45) is 1.45. The lowest BCUT2D eigenvalue weighted by Crippen LogP contribution is -2.47. The minimum Gasteiger partial charge on any atom is -0.492 e. The Labute approximate surface area is 188 Å². The van der Waals surface area contributed by atoms with Crippen LogP contribution in [0.3, 0.4) is 0 Å². The summed E-state index contributed by atoms with van der Waals surface area (Å²) in [5, 5.41) is 2.98. The fourth-order valence-electron chi connectivity index (χ4n) is 4.24. The summed E-state index contributed by atoms with van der Waals surface area (Å²) in [5.74, 6) is 1.99. The molecule has 170 valence electrons. The molecule has 0 aliphatic carbocycles. The van der Waals surface area contributed by atoms with Gasteiger partial charge in [-0.25, -0.2) is 0 Å². The van der Waals surface area contributed by atoms with Gasteiger partial charge in [0.15, 0.2) is 17.3 Å². The maximum absolute atomic E-state index is 13.0. The number of carbonyl (C=O) groups excluding carboxylic acids is 2. The second kappa shape index (κ2) is 10.0. The van der Waals surface area contributed by atoms with Crippen LogP contribution in [-0.2, 0) is 4.79 Å². The van der Waals surface area contributed by atoms with Crippen molar-refractivity contribution >= 4 is 17.4 Å². The molecule has 1 amide bonds. The third-order valence-electron chi connectivity index (χ3n) is 6.10. The first kappa shape index (κ1) is 22.1. The van der Waals surface area contributed by atoms with Gasteiger partial charge in [0.1, 0.15) is 19.0 Å². The van der Waals surface area contributed by atoms with Crippen LogP contribution in [0.25, 0.3) is 0 Å². The molecule has 0 saturated carbocycles. The highest BCUT2D eigenvalue weighted by Crippen LogP contribution is 2.33.